The number of non-ortho nitro benzene ring substituents is 1. The molecule has 1 unspecified atom stereocenters. The predicted octanol–water partition coefficient (Wildman–Crippen LogP) is 2.62. The average molecular weight is 532 g/mol. The molecule has 1 heterocycles. The number of hydrogen-bond acceptors (Lipinski definition) is 11. The van der Waals surface area contributed by atoms with Gasteiger partial charge < -0.3 is 42.6 Å². The molecule has 12 nitrogen and oxygen atoms in total. The number of nitrogens with zero attached hydrogens (tertiary/aromatic N) is 1. The largest absolute Gasteiger partial charge is 0.491 e. The van der Waals surface area contributed by atoms with Gasteiger partial charge in [0.25, 0.3) is 5.69 Å². The van der Waals surface area contributed by atoms with Crippen LogP contribution in [0, 0.1) is 10.1 Å². The van der Waals surface area contributed by atoms with E-state index in [0.29, 0.717) is 98.2 Å². The molecule has 0 bridgehead atoms. The summed E-state index contributed by atoms with van der Waals surface area (Å²) in [7, 11) is 0. The summed E-state index contributed by atoms with van der Waals surface area (Å²) in [5.74, 6) is 0.562. The highest BCUT2D eigenvalue weighted by Gasteiger charge is 2.13. The Morgan fingerprint density at radius 2 is 1.14 bits per heavy atom. The Labute approximate surface area is 218 Å². The van der Waals surface area contributed by atoms with Crippen molar-refractivity contribution in [1.29, 1.82) is 0 Å². The third kappa shape index (κ3) is 17.3. The molecule has 0 aromatic heterocycles. The zero-order valence-electron chi connectivity index (χ0n) is 21.6. The van der Waals surface area contributed by atoms with Crippen LogP contribution in [0.3, 0.4) is 0 Å². The van der Waals surface area contributed by atoms with Gasteiger partial charge in [-0.25, -0.2) is 0 Å². The Hall–Kier alpha value is -1.90. The minimum atomic E-state index is -0.450. The third-order valence-electron chi connectivity index (χ3n) is 5.07. The van der Waals surface area contributed by atoms with Crippen LogP contribution in [0.1, 0.15) is 19.3 Å². The number of benzene rings is 1. The van der Waals surface area contributed by atoms with E-state index in [-0.39, 0.29) is 12.0 Å². The van der Waals surface area contributed by atoms with Crippen LogP contribution in [-0.2, 0) is 37.9 Å². The summed E-state index contributed by atoms with van der Waals surface area (Å²) >= 11 is 0. The van der Waals surface area contributed by atoms with Crippen molar-refractivity contribution in [2.45, 2.75) is 25.6 Å². The number of nitro groups is 1. The lowest BCUT2D eigenvalue weighted by Crippen LogP contribution is -2.24. The summed E-state index contributed by atoms with van der Waals surface area (Å²) in [5.41, 5.74) is 0.0303. The summed E-state index contributed by atoms with van der Waals surface area (Å²) < 4.78 is 49.2. The molecule has 2 rings (SSSR count). The Morgan fingerprint density at radius 3 is 1.57 bits per heavy atom. The lowest BCUT2D eigenvalue weighted by Gasteiger charge is -2.22. The van der Waals surface area contributed by atoms with Crippen LogP contribution in [0.15, 0.2) is 24.3 Å². The molecular formula is C25H41NO11. The van der Waals surface area contributed by atoms with Crippen LogP contribution in [-0.4, -0.2) is 110 Å². The lowest BCUT2D eigenvalue weighted by molar-refractivity contribution is -0.384. The van der Waals surface area contributed by atoms with Gasteiger partial charge in [0.15, 0.2) is 6.29 Å². The molecule has 0 aliphatic carbocycles. The van der Waals surface area contributed by atoms with E-state index >= 15 is 0 Å². The van der Waals surface area contributed by atoms with Gasteiger partial charge in [0.1, 0.15) is 12.4 Å². The van der Waals surface area contributed by atoms with Crippen molar-refractivity contribution in [1.82, 2.24) is 0 Å². The number of hydrogen-bond donors (Lipinski definition) is 0. The molecule has 0 spiro atoms. The molecule has 1 atom stereocenters. The zero-order chi connectivity index (χ0) is 26.2. The van der Waals surface area contributed by atoms with Crippen molar-refractivity contribution in [2.75, 3.05) is 99.1 Å². The molecule has 0 saturated carbocycles. The Morgan fingerprint density at radius 1 is 0.676 bits per heavy atom. The van der Waals surface area contributed by atoms with E-state index in [2.05, 4.69) is 0 Å². The first-order valence-electron chi connectivity index (χ1n) is 12.8. The lowest BCUT2D eigenvalue weighted by atomic mass is 10.2. The molecular weight excluding hydrogens is 490 g/mol. The molecule has 1 aromatic rings. The van der Waals surface area contributed by atoms with E-state index in [1.807, 2.05) is 0 Å². The van der Waals surface area contributed by atoms with Crippen LogP contribution in [0.25, 0.3) is 0 Å². The second-order valence-corrected chi connectivity index (χ2v) is 7.94. The van der Waals surface area contributed by atoms with Crippen LogP contribution in [0.5, 0.6) is 5.75 Å². The molecule has 37 heavy (non-hydrogen) atoms. The summed E-state index contributed by atoms with van der Waals surface area (Å²) in [5, 5.41) is 10.6. The minimum Gasteiger partial charge on any atom is -0.491 e. The van der Waals surface area contributed by atoms with Gasteiger partial charge in [-0.1, -0.05) is 0 Å². The van der Waals surface area contributed by atoms with Crippen molar-refractivity contribution in [3.05, 3.63) is 34.4 Å². The maximum absolute atomic E-state index is 10.6. The van der Waals surface area contributed by atoms with Gasteiger partial charge in [-0.2, -0.15) is 0 Å². The van der Waals surface area contributed by atoms with Gasteiger partial charge in [0, 0.05) is 18.7 Å². The summed E-state index contributed by atoms with van der Waals surface area (Å²) in [6, 6.07) is 5.92. The Kier molecular flexibility index (Phi) is 18.7. The first kappa shape index (κ1) is 31.3. The summed E-state index contributed by atoms with van der Waals surface area (Å²) in [6.07, 6.45) is 3.17. The van der Waals surface area contributed by atoms with E-state index in [9.17, 15) is 10.1 Å². The fraction of sp³-hybridized carbons (Fsp3) is 0.760. The molecule has 1 aliphatic heterocycles. The van der Waals surface area contributed by atoms with Gasteiger partial charge in [-0.3, -0.25) is 10.1 Å². The molecule has 1 aromatic carbocycles. The second kappa shape index (κ2) is 22.1. The SMILES string of the molecule is O=[N+]([O-])c1ccc(OCCOCCOCCOCCOCCOCCOCCOC2CCCCO2)cc1. The van der Waals surface area contributed by atoms with Gasteiger partial charge in [-0.05, 0) is 31.4 Å². The highest BCUT2D eigenvalue weighted by molar-refractivity contribution is 5.35. The topological polar surface area (TPSA) is 126 Å². The van der Waals surface area contributed by atoms with E-state index in [0.717, 1.165) is 25.9 Å². The molecule has 1 fully saturated rings. The van der Waals surface area contributed by atoms with Crippen molar-refractivity contribution < 1.29 is 47.6 Å². The van der Waals surface area contributed by atoms with Crippen molar-refractivity contribution in [2.24, 2.45) is 0 Å². The van der Waals surface area contributed by atoms with Crippen LogP contribution in [0.4, 0.5) is 5.69 Å². The minimum absolute atomic E-state index is 0.0303. The number of rotatable bonds is 24. The Bertz CT molecular complexity index is 671. The highest BCUT2D eigenvalue weighted by atomic mass is 16.7. The molecule has 212 valence electrons. The summed E-state index contributed by atoms with van der Waals surface area (Å²) in [4.78, 5) is 10.2. The van der Waals surface area contributed by atoms with Crippen molar-refractivity contribution >= 4 is 5.69 Å². The summed E-state index contributed by atoms with van der Waals surface area (Å²) in [6.45, 7) is 7.53. The van der Waals surface area contributed by atoms with Crippen LogP contribution in [0.2, 0.25) is 0 Å². The number of nitro benzene ring substituents is 1. The fourth-order valence-corrected chi connectivity index (χ4v) is 3.17. The quantitative estimate of drug-likeness (QED) is 0.111. The van der Waals surface area contributed by atoms with E-state index in [1.54, 1.807) is 12.1 Å². The van der Waals surface area contributed by atoms with Crippen molar-refractivity contribution in [3.8, 4) is 5.75 Å². The molecule has 0 radical (unpaired) electrons. The van der Waals surface area contributed by atoms with E-state index in [4.69, 9.17) is 42.6 Å². The standard InChI is InChI=1S/C25H41NO11/c27-26(28)23-4-6-24(7-5-23)35-21-19-33-17-15-31-13-11-29-9-10-30-12-14-32-16-18-34-20-22-37-25-3-1-2-8-36-25/h4-7,25H,1-3,8-22H2. The van der Waals surface area contributed by atoms with Crippen molar-refractivity contribution in [3.63, 3.8) is 0 Å². The maximum atomic E-state index is 10.6. The molecule has 1 aliphatic rings. The molecule has 0 amide bonds. The fourth-order valence-electron chi connectivity index (χ4n) is 3.17. The predicted molar refractivity (Wildman–Crippen MR) is 133 cm³/mol. The highest BCUT2D eigenvalue weighted by Crippen LogP contribution is 2.17. The monoisotopic (exact) mass is 531 g/mol. The maximum Gasteiger partial charge on any atom is 0.269 e. The van der Waals surface area contributed by atoms with Crippen LogP contribution < -0.4 is 4.74 Å². The smallest absolute Gasteiger partial charge is 0.269 e. The van der Waals surface area contributed by atoms with Gasteiger partial charge >= 0.3 is 0 Å². The molecule has 12 heteroatoms. The zero-order valence-corrected chi connectivity index (χ0v) is 21.6. The second-order valence-electron chi connectivity index (χ2n) is 7.94. The normalized spacial score (nSPS) is 15.6. The first-order valence-corrected chi connectivity index (χ1v) is 12.8. The average Bonchev–Trinajstić information content (AvgIpc) is 2.92. The molecule has 1 saturated heterocycles. The Balaban J connectivity index is 1.21. The van der Waals surface area contributed by atoms with Gasteiger partial charge in [0.05, 0.1) is 90.8 Å². The first-order chi connectivity index (χ1) is 18.3. The van der Waals surface area contributed by atoms with Gasteiger partial charge in [-0.15, -0.1) is 0 Å². The van der Waals surface area contributed by atoms with E-state index < -0.39 is 4.92 Å². The number of ether oxygens (including phenoxy) is 9. The third-order valence-corrected chi connectivity index (χ3v) is 5.07. The van der Waals surface area contributed by atoms with E-state index in [1.165, 1.54) is 12.1 Å². The van der Waals surface area contributed by atoms with Gasteiger partial charge in [0.2, 0.25) is 0 Å². The molecule has 0 N–H and O–H groups in total. The van der Waals surface area contributed by atoms with Crippen LogP contribution >= 0.6 is 0 Å².